The van der Waals surface area contributed by atoms with Crippen molar-refractivity contribution in [2.45, 2.75) is 26.5 Å². The molecule has 0 amide bonds. The molecule has 0 fully saturated rings. The number of halogens is 1. The summed E-state index contributed by atoms with van der Waals surface area (Å²) >= 11 is 0. The molecule has 3 nitrogen and oxygen atoms in total. The Morgan fingerprint density at radius 2 is 2.12 bits per heavy atom. The topological polar surface area (TPSA) is 38.0 Å². The van der Waals surface area contributed by atoms with E-state index in [2.05, 4.69) is 5.10 Å². The van der Waals surface area contributed by atoms with Gasteiger partial charge in [-0.3, -0.25) is 4.68 Å². The van der Waals surface area contributed by atoms with Crippen LogP contribution in [0.1, 0.15) is 25.5 Å². The molecule has 17 heavy (non-hydrogen) atoms. The van der Waals surface area contributed by atoms with Crippen molar-refractivity contribution in [2.24, 2.45) is 0 Å². The zero-order chi connectivity index (χ0) is 12.4. The summed E-state index contributed by atoms with van der Waals surface area (Å²) < 4.78 is 15.2. The van der Waals surface area contributed by atoms with Crippen LogP contribution in [0.5, 0.6) is 0 Å². The number of aromatic nitrogens is 2. The largest absolute Gasteiger partial charge is 0.392 e. The van der Waals surface area contributed by atoms with Gasteiger partial charge in [0.15, 0.2) is 0 Å². The summed E-state index contributed by atoms with van der Waals surface area (Å²) in [6.07, 6.45) is 1.72. The van der Waals surface area contributed by atoms with Crippen molar-refractivity contribution in [3.63, 3.8) is 0 Å². The molecule has 0 saturated carbocycles. The van der Waals surface area contributed by atoms with Gasteiger partial charge in [-0.25, -0.2) is 4.39 Å². The Balaban J connectivity index is 2.49. The maximum atomic E-state index is 13.3. The van der Waals surface area contributed by atoms with Gasteiger partial charge in [-0.05, 0) is 38.1 Å². The molecule has 2 rings (SSSR count). The van der Waals surface area contributed by atoms with Crippen molar-refractivity contribution in [1.29, 1.82) is 0 Å². The first-order valence-corrected chi connectivity index (χ1v) is 5.56. The molecule has 0 bridgehead atoms. The molecule has 0 atom stereocenters. The van der Waals surface area contributed by atoms with Crippen LogP contribution >= 0.6 is 0 Å². The van der Waals surface area contributed by atoms with Crippen LogP contribution in [0.3, 0.4) is 0 Å². The predicted octanol–water partition coefficient (Wildman–Crippen LogP) is 2.76. The molecule has 1 aromatic heterocycles. The number of hydrogen-bond donors (Lipinski definition) is 1. The fourth-order valence-corrected chi connectivity index (χ4v) is 1.81. The van der Waals surface area contributed by atoms with Crippen molar-refractivity contribution < 1.29 is 9.50 Å². The van der Waals surface area contributed by atoms with E-state index >= 15 is 0 Å². The third-order valence-corrected chi connectivity index (χ3v) is 2.67. The minimum Gasteiger partial charge on any atom is -0.392 e. The number of nitrogens with zero attached hydrogens (tertiary/aromatic N) is 2. The lowest BCUT2D eigenvalue weighted by Crippen LogP contribution is -2.04. The fraction of sp³-hybridized carbons (Fsp3) is 0.308. The Kier molecular flexibility index (Phi) is 3.24. The van der Waals surface area contributed by atoms with Gasteiger partial charge in [0.05, 0.1) is 12.3 Å². The van der Waals surface area contributed by atoms with Crippen LogP contribution in [0, 0.1) is 5.82 Å². The Bertz CT molecular complexity index is 520. The van der Waals surface area contributed by atoms with Crippen LogP contribution in [0.25, 0.3) is 11.3 Å². The molecular weight excluding hydrogens is 219 g/mol. The summed E-state index contributed by atoms with van der Waals surface area (Å²) in [5.41, 5.74) is 2.09. The summed E-state index contributed by atoms with van der Waals surface area (Å²) in [5.74, 6) is -0.383. The maximum Gasteiger partial charge on any atom is 0.128 e. The van der Waals surface area contributed by atoms with E-state index in [0.29, 0.717) is 5.56 Å². The predicted molar refractivity (Wildman–Crippen MR) is 63.9 cm³/mol. The number of aliphatic hydroxyl groups excluding tert-OH is 1. The van der Waals surface area contributed by atoms with Gasteiger partial charge in [-0.2, -0.15) is 5.10 Å². The van der Waals surface area contributed by atoms with Gasteiger partial charge in [-0.1, -0.05) is 0 Å². The average molecular weight is 234 g/mol. The van der Waals surface area contributed by atoms with E-state index in [4.69, 9.17) is 5.11 Å². The monoisotopic (exact) mass is 234 g/mol. The van der Waals surface area contributed by atoms with Gasteiger partial charge in [0.25, 0.3) is 0 Å². The lowest BCUT2D eigenvalue weighted by molar-refractivity contribution is 0.276. The zero-order valence-electron chi connectivity index (χ0n) is 9.89. The van der Waals surface area contributed by atoms with Crippen LogP contribution in [-0.2, 0) is 6.61 Å². The molecular formula is C13H15FN2O. The van der Waals surface area contributed by atoms with E-state index in [1.807, 2.05) is 24.6 Å². The van der Waals surface area contributed by atoms with Gasteiger partial charge >= 0.3 is 0 Å². The van der Waals surface area contributed by atoms with Crippen LogP contribution in [0.2, 0.25) is 0 Å². The Hall–Kier alpha value is -1.68. The molecule has 2 aromatic rings. The van der Waals surface area contributed by atoms with Crippen LogP contribution in [0.4, 0.5) is 4.39 Å². The highest BCUT2D eigenvalue weighted by Gasteiger charge is 2.10. The second-order valence-electron chi connectivity index (χ2n) is 4.22. The lowest BCUT2D eigenvalue weighted by Gasteiger charge is -2.11. The first kappa shape index (κ1) is 11.8. The second kappa shape index (κ2) is 4.67. The third kappa shape index (κ3) is 2.22. The van der Waals surface area contributed by atoms with Crippen LogP contribution < -0.4 is 0 Å². The highest BCUT2D eigenvalue weighted by atomic mass is 19.1. The summed E-state index contributed by atoms with van der Waals surface area (Å²) in [6.45, 7) is 3.77. The molecule has 4 heteroatoms. The Labute approximate surface area is 99.5 Å². The first-order valence-electron chi connectivity index (χ1n) is 5.56. The minimum absolute atomic E-state index is 0.239. The van der Waals surface area contributed by atoms with E-state index < -0.39 is 0 Å². The summed E-state index contributed by atoms with van der Waals surface area (Å²) in [4.78, 5) is 0. The number of benzene rings is 1. The van der Waals surface area contributed by atoms with Gasteiger partial charge < -0.3 is 5.11 Å². The number of rotatable bonds is 3. The molecule has 0 aliphatic carbocycles. The summed E-state index contributed by atoms with van der Waals surface area (Å²) in [5, 5.41) is 13.3. The molecule has 1 aromatic carbocycles. The highest BCUT2D eigenvalue weighted by molar-refractivity contribution is 5.60. The van der Waals surface area contributed by atoms with Crippen LogP contribution in [-0.4, -0.2) is 14.9 Å². The molecule has 1 N–H and O–H groups in total. The fourth-order valence-electron chi connectivity index (χ4n) is 1.81. The quantitative estimate of drug-likeness (QED) is 0.886. The highest BCUT2D eigenvalue weighted by Crippen LogP contribution is 2.24. The number of aliphatic hydroxyl groups is 1. The minimum atomic E-state index is -0.383. The average Bonchev–Trinajstić information content (AvgIpc) is 2.78. The van der Waals surface area contributed by atoms with E-state index in [0.717, 1.165) is 11.3 Å². The van der Waals surface area contributed by atoms with Crippen molar-refractivity contribution >= 4 is 0 Å². The van der Waals surface area contributed by atoms with Crippen molar-refractivity contribution in [2.75, 3.05) is 0 Å². The summed E-state index contributed by atoms with van der Waals surface area (Å²) in [6, 6.07) is 6.85. The zero-order valence-corrected chi connectivity index (χ0v) is 9.89. The van der Waals surface area contributed by atoms with Crippen molar-refractivity contribution in [1.82, 2.24) is 9.78 Å². The van der Waals surface area contributed by atoms with E-state index in [1.54, 1.807) is 18.3 Å². The molecule has 0 aliphatic rings. The molecule has 90 valence electrons. The van der Waals surface area contributed by atoms with Gasteiger partial charge in [0, 0.05) is 23.4 Å². The molecule has 0 saturated heterocycles. The molecule has 0 spiro atoms. The van der Waals surface area contributed by atoms with Crippen LogP contribution in [0.15, 0.2) is 30.5 Å². The van der Waals surface area contributed by atoms with E-state index in [1.165, 1.54) is 6.07 Å². The Morgan fingerprint density at radius 1 is 1.35 bits per heavy atom. The van der Waals surface area contributed by atoms with E-state index in [-0.39, 0.29) is 18.5 Å². The molecule has 0 aliphatic heterocycles. The van der Waals surface area contributed by atoms with Crippen molar-refractivity contribution in [3.8, 4) is 11.3 Å². The molecule has 0 radical (unpaired) electrons. The smallest absolute Gasteiger partial charge is 0.128 e. The standard InChI is InChI=1S/C13H15FN2O/c1-9(2)16-13(5-6-15-16)10-3-4-12(14)11(7-10)8-17/h3-7,9,17H,8H2,1-2H3. The third-order valence-electron chi connectivity index (χ3n) is 2.67. The SMILES string of the molecule is CC(C)n1nccc1-c1ccc(F)c(CO)c1. The molecule has 1 heterocycles. The van der Waals surface area contributed by atoms with E-state index in [9.17, 15) is 4.39 Å². The Morgan fingerprint density at radius 3 is 2.76 bits per heavy atom. The second-order valence-corrected chi connectivity index (χ2v) is 4.22. The summed E-state index contributed by atoms with van der Waals surface area (Å²) in [7, 11) is 0. The van der Waals surface area contributed by atoms with Gasteiger partial charge in [0.1, 0.15) is 5.82 Å². The van der Waals surface area contributed by atoms with Gasteiger partial charge in [-0.15, -0.1) is 0 Å². The lowest BCUT2D eigenvalue weighted by atomic mass is 10.1. The molecule has 0 unspecified atom stereocenters. The van der Waals surface area contributed by atoms with Crippen molar-refractivity contribution in [3.05, 3.63) is 41.8 Å². The normalized spacial score (nSPS) is 11.1. The van der Waals surface area contributed by atoms with Gasteiger partial charge in [0.2, 0.25) is 0 Å². The first-order chi connectivity index (χ1) is 8.13. The maximum absolute atomic E-state index is 13.3. The number of hydrogen-bond acceptors (Lipinski definition) is 2.